The number of benzene rings is 2. The number of nitrogens with one attached hydrogen (secondary N) is 3. The van der Waals surface area contributed by atoms with Crippen molar-refractivity contribution in [1.29, 1.82) is 0 Å². The number of hydrogen-bond acceptors (Lipinski definition) is 4. The van der Waals surface area contributed by atoms with Crippen molar-refractivity contribution >= 4 is 43.3 Å². The Hall–Kier alpha value is -3.06. The van der Waals surface area contributed by atoms with Gasteiger partial charge in [0.1, 0.15) is 5.82 Å². The van der Waals surface area contributed by atoms with E-state index in [2.05, 4.69) is 32.1 Å². The first-order valence-electron chi connectivity index (χ1n) is 8.15. The number of aromatic amines is 1. The molecule has 0 bridgehead atoms. The largest absolute Gasteiger partial charge is 0.366 e. The van der Waals surface area contributed by atoms with E-state index in [4.69, 9.17) is 0 Å². The van der Waals surface area contributed by atoms with Crippen molar-refractivity contribution in [2.24, 2.45) is 0 Å². The molecule has 0 aliphatic heterocycles. The molecular weight excluding hydrogens is 348 g/mol. The van der Waals surface area contributed by atoms with Crippen LogP contribution in [0.4, 0.5) is 11.5 Å². The van der Waals surface area contributed by atoms with Gasteiger partial charge in [-0.05, 0) is 29.8 Å². The van der Waals surface area contributed by atoms with Gasteiger partial charge in [0.05, 0.1) is 18.0 Å². The first-order valence-corrected chi connectivity index (χ1v) is 10.0. The second kappa shape index (κ2) is 6.34. The molecule has 4 rings (SSSR count). The molecule has 132 valence electrons. The highest BCUT2D eigenvalue weighted by molar-refractivity contribution is 7.92. The predicted octanol–water partition coefficient (Wildman–Crippen LogP) is 3.70. The van der Waals surface area contributed by atoms with Gasteiger partial charge in [-0.25, -0.2) is 13.4 Å². The molecule has 2 heterocycles. The van der Waals surface area contributed by atoms with E-state index in [1.54, 1.807) is 12.3 Å². The fraction of sp³-hybridized carbons (Fsp3) is 0.105. The topological polar surface area (TPSA) is 86.9 Å². The molecule has 0 aliphatic carbocycles. The van der Waals surface area contributed by atoms with Crippen LogP contribution in [0.2, 0.25) is 0 Å². The zero-order valence-corrected chi connectivity index (χ0v) is 15.0. The molecule has 0 atom stereocenters. The number of aromatic nitrogens is 2. The maximum absolute atomic E-state index is 11.5. The van der Waals surface area contributed by atoms with Crippen LogP contribution in [0.1, 0.15) is 5.56 Å². The number of hydrogen-bond donors (Lipinski definition) is 3. The minimum Gasteiger partial charge on any atom is -0.366 e. The number of fused-ring (bicyclic) bond motifs is 3. The fourth-order valence-corrected chi connectivity index (χ4v) is 3.52. The van der Waals surface area contributed by atoms with Gasteiger partial charge in [0, 0.05) is 28.5 Å². The molecule has 2 aromatic heterocycles. The molecule has 0 fully saturated rings. The lowest BCUT2D eigenvalue weighted by Gasteiger charge is -2.06. The van der Waals surface area contributed by atoms with E-state index >= 15 is 0 Å². The van der Waals surface area contributed by atoms with Gasteiger partial charge in [0.25, 0.3) is 0 Å². The second-order valence-corrected chi connectivity index (χ2v) is 7.96. The van der Waals surface area contributed by atoms with E-state index in [0.717, 1.165) is 33.9 Å². The molecule has 0 unspecified atom stereocenters. The molecule has 0 radical (unpaired) electrons. The Morgan fingerprint density at radius 3 is 2.54 bits per heavy atom. The van der Waals surface area contributed by atoms with E-state index in [0.29, 0.717) is 12.2 Å². The van der Waals surface area contributed by atoms with Crippen LogP contribution in [0.5, 0.6) is 0 Å². The van der Waals surface area contributed by atoms with Crippen LogP contribution in [0, 0.1) is 0 Å². The summed E-state index contributed by atoms with van der Waals surface area (Å²) in [6.45, 7) is 0.683. The fourth-order valence-electron chi connectivity index (χ4n) is 2.96. The molecule has 7 heteroatoms. The minimum absolute atomic E-state index is 0.538. The van der Waals surface area contributed by atoms with Crippen molar-refractivity contribution in [3.63, 3.8) is 0 Å². The Morgan fingerprint density at radius 2 is 1.77 bits per heavy atom. The first-order chi connectivity index (χ1) is 12.5. The Morgan fingerprint density at radius 1 is 1.00 bits per heavy atom. The average Bonchev–Trinajstić information content (AvgIpc) is 2.97. The standard InChI is InChI=1S/C19H18N4O2S/c1-26(24,25)23-14-7-8-17-15(9-14)16-10-19(21-12-18(16)22-17)20-11-13-5-3-2-4-6-13/h2-10,12,22-23H,11H2,1H3,(H,20,21). The highest BCUT2D eigenvalue weighted by Crippen LogP contribution is 2.29. The first kappa shape index (κ1) is 16.4. The summed E-state index contributed by atoms with van der Waals surface area (Å²) >= 11 is 0. The van der Waals surface area contributed by atoms with Gasteiger partial charge in [0.2, 0.25) is 10.0 Å². The zero-order chi connectivity index (χ0) is 18.1. The highest BCUT2D eigenvalue weighted by atomic mass is 32.2. The summed E-state index contributed by atoms with van der Waals surface area (Å²) in [5.74, 6) is 0.767. The van der Waals surface area contributed by atoms with Crippen molar-refractivity contribution < 1.29 is 8.42 Å². The van der Waals surface area contributed by atoms with Gasteiger partial charge in [-0.1, -0.05) is 30.3 Å². The van der Waals surface area contributed by atoms with Crippen molar-refractivity contribution in [3.05, 3.63) is 66.4 Å². The zero-order valence-electron chi connectivity index (χ0n) is 14.2. The number of anilines is 2. The number of rotatable bonds is 5. The second-order valence-electron chi connectivity index (χ2n) is 6.21. The van der Waals surface area contributed by atoms with Crippen LogP contribution in [0.25, 0.3) is 21.8 Å². The number of H-pyrrole nitrogens is 1. The summed E-state index contributed by atoms with van der Waals surface area (Å²) in [7, 11) is -3.31. The minimum atomic E-state index is -3.31. The smallest absolute Gasteiger partial charge is 0.229 e. The molecule has 26 heavy (non-hydrogen) atoms. The van der Waals surface area contributed by atoms with E-state index < -0.39 is 10.0 Å². The van der Waals surface area contributed by atoms with Gasteiger partial charge in [0.15, 0.2) is 0 Å². The summed E-state index contributed by atoms with van der Waals surface area (Å²) < 4.78 is 25.5. The van der Waals surface area contributed by atoms with Crippen LogP contribution >= 0.6 is 0 Å². The molecule has 0 saturated carbocycles. The molecule has 0 aliphatic rings. The summed E-state index contributed by atoms with van der Waals surface area (Å²) in [5, 5.41) is 5.26. The quantitative estimate of drug-likeness (QED) is 0.503. The Kier molecular flexibility index (Phi) is 4.00. The van der Waals surface area contributed by atoms with Crippen LogP contribution in [-0.4, -0.2) is 24.6 Å². The normalized spacial score (nSPS) is 11.7. The van der Waals surface area contributed by atoms with Gasteiger partial charge in [-0.2, -0.15) is 0 Å². The molecule has 0 spiro atoms. The third-order valence-corrected chi connectivity index (χ3v) is 4.71. The van der Waals surface area contributed by atoms with Crippen molar-refractivity contribution in [2.75, 3.05) is 16.3 Å². The maximum Gasteiger partial charge on any atom is 0.229 e. The van der Waals surface area contributed by atoms with Crippen LogP contribution < -0.4 is 10.0 Å². The molecule has 2 aromatic carbocycles. The number of sulfonamides is 1. The molecule has 0 amide bonds. The third kappa shape index (κ3) is 3.48. The lowest BCUT2D eigenvalue weighted by molar-refractivity contribution is 0.607. The molecule has 6 nitrogen and oxygen atoms in total. The number of nitrogens with zero attached hydrogens (tertiary/aromatic N) is 1. The Labute approximate surface area is 151 Å². The highest BCUT2D eigenvalue weighted by Gasteiger charge is 2.09. The Balaban J connectivity index is 1.69. The summed E-state index contributed by atoms with van der Waals surface area (Å²) in [6, 6.07) is 17.5. The van der Waals surface area contributed by atoms with E-state index in [1.165, 1.54) is 5.56 Å². The molecule has 3 N–H and O–H groups in total. The van der Waals surface area contributed by atoms with Crippen LogP contribution in [0.15, 0.2) is 60.8 Å². The number of pyridine rings is 1. The van der Waals surface area contributed by atoms with Crippen molar-refractivity contribution in [1.82, 2.24) is 9.97 Å². The van der Waals surface area contributed by atoms with Crippen LogP contribution in [0.3, 0.4) is 0 Å². The van der Waals surface area contributed by atoms with Gasteiger partial charge in [-0.15, -0.1) is 0 Å². The molecule has 0 saturated heterocycles. The average molecular weight is 366 g/mol. The lowest BCUT2D eigenvalue weighted by Crippen LogP contribution is -2.09. The van der Waals surface area contributed by atoms with E-state index in [1.807, 2.05) is 36.4 Å². The van der Waals surface area contributed by atoms with Gasteiger partial charge < -0.3 is 10.3 Å². The molecular formula is C19H18N4O2S. The lowest BCUT2D eigenvalue weighted by atomic mass is 10.1. The molecule has 4 aromatic rings. The van der Waals surface area contributed by atoms with Crippen LogP contribution in [-0.2, 0) is 16.6 Å². The van der Waals surface area contributed by atoms with Gasteiger partial charge >= 0.3 is 0 Å². The maximum atomic E-state index is 11.5. The van der Waals surface area contributed by atoms with Crippen molar-refractivity contribution in [2.45, 2.75) is 6.54 Å². The van der Waals surface area contributed by atoms with Crippen molar-refractivity contribution in [3.8, 4) is 0 Å². The van der Waals surface area contributed by atoms with E-state index in [9.17, 15) is 8.42 Å². The SMILES string of the molecule is CS(=O)(=O)Nc1ccc2[nH]c3cnc(NCc4ccccc4)cc3c2c1. The summed E-state index contributed by atoms with van der Waals surface area (Å²) in [6.07, 6.45) is 2.92. The predicted molar refractivity (Wildman–Crippen MR) is 106 cm³/mol. The summed E-state index contributed by atoms with van der Waals surface area (Å²) in [5.41, 5.74) is 3.55. The third-order valence-electron chi connectivity index (χ3n) is 4.10. The Bertz CT molecular complexity index is 1180. The van der Waals surface area contributed by atoms with Gasteiger partial charge in [-0.3, -0.25) is 4.72 Å². The summed E-state index contributed by atoms with van der Waals surface area (Å²) in [4.78, 5) is 7.75. The monoisotopic (exact) mass is 366 g/mol. The van der Waals surface area contributed by atoms with E-state index in [-0.39, 0.29) is 0 Å².